The standard InChI is InChI=1S/C29H33N3O2/c1-4-17-31(20-27-10-7-18-30(27)19-25-9-6-5-8-23(25)3)28(33)21-32(26-15-16-26)29(34)24-13-11-22(2)12-14-24/h4-14,18,26H,1,15-17,19-21H2,2-3H3. The van der Waals surface area contributed by atoms with Gasteiger partial charge in [0.25, 0.3) is 5.91 Å². The van der Waals surface area contributed by atoms with Gasteiger partial charge in [-0.2, -0.15) is 0 Å². The van der Waals surface area contributed by atoms with Crippen molar-refractivity contribution >= 4 is 11.8 Å². The van der Waals surface area contributed by atoms with Crippen LogP contribution in [0.5, 0.6) is 0 Å². The molecule has 1 aromatic heterocycles. The van der Waals surface area contributed by atoms with Gasteiger partial charge in [-0.25, -0.2) is 0 Å². The monoisotopic (exact) mass is 455 g/mol. The first-order valence-electron chi connectivity index (χ1n) is 11.9. The second-order valence-electron chi connectivity index (χ2n) is 9.15. The highest BCUT2D eigenvalue weighted by molar-refractivity contribution is 5.97. The normalized spacial score (nSPS) is 12.9. The van der Waals surface area contributed by atoms with Gasteiger partial charge in [-0.15, -0.1) is 6.58 Å². The number of hydrogen-bond donors (Lipinski definition) is 0. The number of aromatic nitrogens is 1. The van der Waals surface area contributed by atoms with Crippen LogP contribution < -0.4 is 0 Å². The van der Waals surface area contributed by atoms with Gasteiger partial charge in [0.1, 0.15) is 6.54 Å². The van der Waals surface area contributed by atoms with Crippen molar-refractivity contribution in [3.63, 3.8) is 0 Å². The van der Waals surface area contributed by atoms with E-state index in [1.54, 1.807) is 15.9 Å². The molecular weight excluding hydrogens is 422 g/mol. The molecule has 3 aromatic rings. The summed E-state index contributed by atoms with van der Waals surface area (Å²) in [7, 11) is 0. The first kappa shape index (κ1) is 23.6. The zero-order valence-electron chi connectivity index (χ0n) is 20.1. The van der Waals surface area contributed by atoms with Crippen LogP contribution in [0.2, 0.25) is 0 Å². The minimum atomic E-state index is -0.0719. The Hall–Kier alpha value is -3.60. The second-order valence-corrected chi connectivity index (χ2v) is 9.15. The molecule has 0 N–H and O–H groups in total. The minimum absolute atomic E-state index is 0.0593. The Morgan fingerprint density at radius 1 is 1.03 bits per heavy atom. The summed E-state index contributed by atoms with van der Waals surface area (Å²) in [6, 6.07) is 20.1. The molecule has 0 bridgehead atoms. The summed E-state index contributed by atoms with van der Waals surface area (Å²) < 4.78 is 2.18. The smallest absolute Gasteiger partial charge is 0.254 e. The van der Waals surface area contributed by atoms with Crippen molar-refractivity contribution in [2.45, 2.75) is 45.8 Å². The third kappa shape index (κ3) is 5.66. The van der Waals surface area contributed by atoms with E-state index >= 15 is 0 Å². The number of rotatable bonds is 10. The molecule has 0 unspecified atom stereocenters. The molecule has 0 spiro atoms. The van der Waals surface area contributed by atoms with Gasteiger partial charge in [0.2, 0.25) is 5.91 Å². The number of amides is 2. The number of hydrogen-bond acceptors (Lipinski definition) is 2. The van der Waals surface area contributed by atoms with Gasteiger partial charge in [-0.05, 0) is 62.1 Å². The highest BCUT2D eigenvalue weighted by Gasteiger charge is 2.35. The lowest BCUT2D eigenvalue weighted by atomic mass is 10.1. The molecule has 0 atom stereocenters. The fourth-order valence-electron chi connectivity index (χ4n) is 4.18. The number of aryl methyl sites for hydroxylation is 2. The molecule has 0 radical (unpaired) electrons. The number of carbonyl (C=O) groups excluding carboxylic acids is 2. The van der Waals surface area contributed by atoms with Gasteiger partial charge in [0, 0.05) is 36.6 Å². The van der Waals surface area contributed by atoms with E-state index in [1.165, 1.54) is 11.1 Å². The van der Waals surface area contributed by atoms with Crippen molar-refractivity contribution in [3.05, 3.63) is 107 Å². The molecule has 5 nitrogen and oxygen atoms in total. The molecule has 1 heterocycles. The van der Waals surface area contributed by atoms with E-state index in [1.807, 2.05) is 43.3 Å². The molecule has 0 aliphatic heterocycles. The fourth-order valence-corrected chi connectivity index (χ4v) is 4.18. The summed E-state index contributed by atoms with van der Waals surface area (Å²) in [6.07, 6.45) is 5.70. The van der Waals surface area contributed by atoms with E-state index in [-0.39, 0.29) is 24.4 Å². The largest absolute Gasteiger partial charge is 0.345 e. The van der Waals surface area contributed by atoms with Crippen LogP contribution in [0.4, 0.5) is 0 Å². The Labute approximate surface area is 202 Å². The lowest BCUT2D eigenvalue weighted by molar-refractivity contribution is -0.132. The van der Waals surface area contributed by atoms with Crippen LogP contribution >= 0.6 is 0 Å². The third-order valence-corrected chi connectivity index (χ3v) is 6.43. The molecule has 2 amide bonds. The fraction of sp³-hybridized carbons (Fsp3) is 0.310. The van der Waals surface area contributed by atoms with E-state index < -0.39 is 0 Å². The van der Waals surface area contributed by atoms with Crippen LogP contribution in [0, 0.1) is 13.8 Å². The quantitative estimate of drug-likeness (QED) is 0.405. The average Bonchev–Trinajstić information content (AvgIpc) is 3.58. The highest BCUT2D eigenvalue weighted by Crippen LogP contribution is 2.28. The van der Waals surface area contributed by atoms with Crippen molar-refractivity contribution in [2.75, 3.05) is 13.1 Å². The van der Waals surface area contributed by atoms with Crippen LogP contribution in [-0.2, 0) is 17.9 Å². The lowest BCUT2D eigenvalue weighted by Crippen LogP contribution is -2.44. The van der Waals surface area contributed by atoms with Crippen LogP contribution in [0.1, 0.15) is 45.6 Å². The predicted octanol–water partition coefficient (Wildman–Crippen LogP) is 4.97. The third-order valence-electron chi connectivity index (χ3n) is 6.43. The molecule has 176 valence electrons. The summed E-state index contributed by atoms with van der Waals surface area (Å²) in [5.41, 5.74) is 5.30. The van der Waals surface area contributed by atoms with Crippen molar-refractivity contribution in [3.8, 4) is 0 Å². The van der Waals surface area contributed by atoms with Crippen molar-refractivity contribution in [2.24, 2.45) is 0 Å². The molecule has 2 aromatic carbocycles. The first-order chi connectivity index (χ1) is 16.5. The van der Waals surface area contributed by atoms with E-state index in [2.05, 4.69) is 48.5 Å². The summed E-state index contributed by atoms with van der Waals surface area (Å²) >= 11 is 0. The Balaban J connectivity index is 1.48. The Morgan fingerprint density at radius 2 is 1.76 bits per heavy atom. The zero-order valence-corrected chi connectivity index (χ0v) is 20.1. The summed E-state index contributed by atoms with van der Waals surface area (Å²) in [5.74, 6) is -0.131. The van der Waals surface area contributed by atoms with Gasteiger partial charge in [0.15, 0.2) is 0 Å². The molecule has 4 rings (SSSR count). The van der Waals surface area contributed by atoms with Crippen molar-refractivity contribution in [1.82, 2.24) is 14.4 Å². The van der Waals surface area contributed by atoms with Crippen molar-refractivity contribution < 1.29 is 9.59 Å². The van der Waals surface area contributed by atoms with Crippen molar-refractivity contribution in [1.29, 1.82) is 0 Å². The summed E-state index contributed by atoms with van der Waals surface area (Å²) in [6.45, 7) is 9.71. The highest BCUT2D eigenvalue weighted by atomic mass is 16.2. The molecule has 0 saturated heterocycles. The number of benzene rings is 2. The second kappa shape index (κ2) is 10.6. The molecule has 1 aliphatic carbocycles. The zero-order chi connectivity index (χ0) is 24.1. The van der Waals surface area contributed by atoms with Gasteiger partial charge >= 0.3 is 0 Å². The number of carbonyl (C=O) groups is 2. The average molecular weight is 456 g/mol. The first-order valence-corrected chi connectivity index (χ1v) is 11.9. The minimum Gasteiger partial charge on any atom is -0.345 e. The topological polar surface area (TPSA) is 45.6 Å². The van der Waals surface area contributed by atoms with E-state index in [0.29, 0.717) is 18.7 Å². The van der Waals surface area contributed by atoms with E-state index in [4.69, 9.17) is 0 Å². The Morgan fingerprint density at radius 3 is 2.44 bits per heavy atom. The predicted molar refractivity (Wildman–Crippen MR) is 136 cm³/mol. The van der Waals surface area contributed by atoms with Gasteiger partial charge in [0.05, 0.1) is 6.54 Å². The molecule has 1 saturated carbocycles. The lowest BCUT2D eigenvalue weighted by Gasteiger charge is -2.27. The Kier molecular flexibility index (Phi) is 7.31. The van der Waals surface area contributed by atoms with E-state index in [0.717, 1.165) is 30.6 Å². The van der Waals surface area contributed by atoms with Crippen LogP contribution in [0.15, 0.2) is 79.5 Å². The molecule has 1 fully saturated rings. The maximum Gasteiger partial charge on any atom is 0.254 e. The maximum absolute atomic E-state index is 13.4. The summed E-state index contributed by atoms with van der Waals surface area (Å²) in [5, 5.41) is 0. The molecule has 34 heavy (non-hydrogen) atoms. The summed E-state index contributed by atoms with van der Waals surface area (Å²) in [4.78, 5) is 30.1. The SMILES string of the molecule is C=CCN(Cc1cccn1Cc1ccccc1C)C(=O)CN(C(=O)c1ccc(C)cc1)C1CC1. The van der Waals surface area contributed by atoms with Crippen LogP contribution in [0.3, 0.4) is 0 Å². The van der Waals surface area contributed by atoms with Gasteiger partial charge < -0.3 is 14.4 Å². The van der Waals surface area contributed by atoms with Gasteiger partial charge in [-0.3, -0.25) is 9.59 Å². The van der Waals surface area contributed by atoms with Gasteiger partial charge in [-0.1, -0.05) is 48.0 Å². The molecule has 1 aliphatic rings. The van der Waals surface area contributed by atoms with E-state index in [9.17, 15) is 9.59 Å². The molecular formula is C29H33N3O2. The van der Waals surface area contributed by atoms with Crippen LogP contribution in [0.25, 0.3) is 0 Å². The molecule has 5 heteroatoms. The number of nitrogens with zero attached hydrogens (tertiary/aromatic N) is 3. The Bertz CT molecular complexity index is 1160. The maximum atomic E-state index is 13.4. The van der Waals surface area contributed by atoms with Crippen LogP contribution in [-0.4, -0.2) is 45.3 Å².